The average molecular weight is 346 g/mol. The second-order valence-corrected chi connectivity index (χ2v) is 6.65. The van der Waals surface area contributed by atoms with Gasteiger partial charge in [0, 0.05) is 12.2 Å². The van der Waals surface area contributed by atoms with E-state index in [2.05, 4.69) is 0 Å². The number of carboxylic acid groups (broad SMARTS) is 1. The van der Waals surface area contributed by atoms with E-state index >= 15 is 0 Å². The fourth-order valence-corrected chi connectivity index (χ4v) is 3.94. The van der Waals surface area contributed by atoms with Gasteiger partial charge in [-0.2, -0.15) is 0 Å². The summed E-state index contributed by atoms with van der Waals surface area (Å²) in [6, 6.07) is 7.93. The number of benzene rings is 1. The van der Waals surface area contributed by atoms with Gasteiger partial charge in [-0.3, -0.25) is 14.5 Å². The summed E-state index contributed by atoms with van der Waals surface area (Å²) in [5.74, 6) is -1.43. The van der Waals surface area contributed by atoms with Crippen LogP contribution in [0.4, 0.5) is 5.69 Å². The molecule has 1 saturated heterocycles. The van der Waals surface area contributed by atoms with Crippen LogP contribution < -0.4 is 4.90 Å². The van der Waals surface area contributed by atoms with E-state index in [1.54, 1.807) is 0 Å². The van der Waals surface area contributed by atoms with Gasteiger partial charge < -0.3 is 10.0 Å². The van der Waals surface area contributed by atoms with Gasteiger partial charge in [0.05, 0.1) is 5.70 Å². The maximum absolute atomic E-state index is 12.6. The molecular formula is C16H14N2O3S2. The Hall–Kier alpha value is -2.12. The minimum absolute atomic E-state index is 0.281. The van der Waals surface area contributed by atoms with E-state index in [1.165, 1.54) is 0 Å². The highest BCUT2D eigenvalue weighted by Crippen LogP contribution is 2.39. The number of carboxylic acids is 1. The lowest BCUT2D eigenvalue weighted by Crippen LogP contribution is -2.34. The van der Waals surface area contributed by atoms with Crippen molar-refractivity contribution in [1.29, 1.82) is 0 Å². The van der Waals surface area contributed by atoms with Crippen molar-refractivity contribution in [2.24, 2.45) is 0 Å². The number of amides is 1. The Morgan fingerprint density at radius 2 is 2.00 bits per heavy atom. The van der Waals surface area contributed by atoms with Crippen LogP contribution in [0, 0.1) is 0 Å². The molecule has 0 atom stereocenters. The summed E-state index contributed by atoms with van der Waals surface area (Å²) in [5, 5.41) is 8.93. The molecule has 23 heavy (non-hydrogen) atoms. The summed E-state index contributed by atoms with van der Waals surface area (Å²) < 4.78 is 0.281. The molecule has 0 bridgehead atoms. The lowest BCUT2D eigenvalue weighted by Gasteiger charge is -2.30. The molecule has 1 fully saturated rings. The van der Waals surface area contributed by atoms with E-state index in [0.717, 1.165) is 33.6 Å². The number of fused-ring (bicyclic) bond motifs is 1. The number of carbonyl (C=O) groups excluding carboxylic acids is 1. The van der Waals surface area contributed by atoms with E-state index in [1.807, 2.05) is 48.2 Å². The van der Waals surface area contributed by atoms with Gasteiger partial charge in [-0.25, -0.2) is 0 Å². The molecule has 2 heterocycles. The Morgan fingerprint density at radius 1 is 1.26 bits per heavy atom. The standard InChI is InChI=1S/C16H14N2O3S2/c1-2-17-11-6-4-3-5-10(11)7-8-12(17)14-15(21)18(9-13(19)20)16(22)23-14/h3-8H,2,9H2,1H3,(H,19,20)/b14-12+. The number of thiocarbonyl (C=S) groups is 1. The topological polar surface area (TPSA) is 60.9 Å². The maximum Gasteiger partial charge on any atom is 0.323 e. The fourth-order valence-electron chi connectivity index (χ4n) is 2.63. The van der Waals surface area contributed by atoms with Crippen molar-refractivity contribution in [1.82, 2.24) is 4.90 Å². The number of thioether (sulfide) groups is 1. The Labute approximate surface area is 143 Å². The predicted molar refractivity (Wildman–Crippen MR) is 95.1 cm³/mol. The summed E-state index contributed by atoms with van der Waals surface area (Å²) in [6.45, 7) is 2.29. The van der Waals surface area contributed by atoms with Crippen LogP contribution in [0.15, 0.2) is 40.9 Å². The third-order valence-corrected chi connectivity index (χ3v) is 5.08. The number of anilines is 1. The van der Waals surface area contributed by atoms with Gasteiger partial charge in [0.15, 0.2) is 0 Å². The first kappa shape index (κ1) is 15.8. The zero-order valence-electron chi connectivity index (χ0n) is 12.4. The number of hydrogen-bond donors (Lipinski definition) is 1. The summed E-state index contributed by atoms with van der Waals surface area (Å²) in [6.07, 6.45) is 3.85. The van der Waals surface area contributed by atoms with Gasteiger partial charge in [0.2, 0.25) is 0 Å². The molecule has 0 spiro atoms. The predicted octanol–water partition coefficient (Wildman–Crippen LogP) is 2.70. The van der Waals surface area contributed by atoms with Crippen LogP contribution in [0.2, 0.25) is 0 Å². The molecule has 0 saturated carbocycles. The van der Waals surface area contributed by atoms with Crippen molar-refractivity contribution in [3.63, 3.8) is 0 Å². The first-order valence-corrected chi connectivity index (χ1v) is 8.29. The van der Waals surface area contributed by atoms with Gasteiger partial charge in [-0.1, -0.05) is 48.3 Å². The quantitative estimate of drug-likeness (QED) is 0.671. The fraction of sp³-hybridized carbons (Fsp3) is 0.188. The molecule has 5 nitrogen and oxygen atoms in total. The zero-order valence-corrected chi connectivity index (χ0v) is 14.0. The molecule has 0 unspecified atom stereocenters. The summed E-state index contributed by atoms with van der Waals surface area (Å²) in [7, 11) is 0. The van der Waals surface area contributed by atoms with Crippen molar-refractivity contribution < 1.29 is 14.7 Å². The molecule has 2 aliphatic rings. The highest BCUT2D eigenvalue weighted by Gasteiger charge is 2.37. The number of para-hydroxylation sites is 1. The lowest BCUT2D eigenvalue weighted by molar-refractivity contribution is -0.140. The third-order valence-electron chi connectivity index (χ3n) is 3.63. The van der Waals surface area contributed by atoms with Gasteiger partial charge in [-0.05, 0) is 24.6 Å². The average Bonchev–Trinajstić information content (AvgIpc) is 2.81. The summed E-state index contributed by atoms with van der Waals surface area (Å²) >= 11 is 6.32. The van der Waals surface area contributed by atoms with Crippen LogP contribution in [-0.4, -0.2) is 39.3 Å². The largest absolute Gasteiger partial charge is 0.480 e. The van der Waals surface area contributed by atoms with Gasteiger partial charge in [0.1, 0.15) is 15.8 Å². The maximum atomic E-state index is 12.6. The van der Waals surface area contributed by atoms with Crippen LogP contribution in [-0.2, 0) is 9.59 Å². The smallest absolute Gasteiger partial charge is 0.323 e. The van der Waals surface area contributed by atoms with E-state index in [4.69, 9.17) is 17.3 Å². The van der Waals surface area contributed by atoms with Crippen LogP contribution in [0.25, 0.3) is 6.08 Å². The van der Waals surface area contributed by atoms with Crippen LogP contribution in [0.1, 0.15) is 12.5 Å². The number of carbonyl (C=O) groups is 2. The SMILES string of the molecule is CCN1/C(=C2/SC(=S)N(CC(=O)O)C2=O)C=Cc2ccccc21. The molecule has 1 amide bonds. The Kier molecular flexibility index (Phi) is 4.23. The van der Waals surface area contributed by atoms with Gasteiger partial charge in [-0.15, -0.1) is 0 Å². The highest BCUT2D eigenvalue weighted by molar-refractivity contribution is 8.26. The van der Waals surface area contributed by atoms with E-state index in [9.17, 15) is 9.59 Å². The van der Waals surface area contributed by atoms with Gasteiger partial charge >= 0.3 is 5.97 Å². The Morgan fingerprint density at radius 3 is 2.70 bits per heavy atom. The molecule has 1 N–H and O–H groups in total. The molecule has 118 valence electrons. The number of aliphatic carboxylic acids is 1. The molecule has 0 radical (unpaired) electrons. The Bertz CT molecular complexity index is 770. The number of hydrogen-bond acceptors (Lipinski definition) is 5. The number of nitrogens with zero attached hydrogens (tertiary/aromatic N) is 2. The number of rotatable bonds is 3. The Balaban J connectivity index is 2.04. The third kappa shape index (κ3) is 2.77. The molecule has 0 aliphatic carbocycles. The normalized spacial score (nSPS) is 20.2. The van der Waals surface area contributed by atoms with Crippen LogP contribution in [0.5, 0.6) is 0 Å². The molecule has 0 aromatic heterocycles. The van der Waals surface area contributed by atoms with Gasteiger partial charge in [0.25, 0.3) is 5.91 Å². The summed E-state index contributed by atoms with van der Waals surface area (Å²) in [5.41, 5.74) is 2.87. The second-order valence-electron chi connectivity index (χ2n) is 5.00. The first-order chi connectivity index (χ1) is 11.0. The molecule has 2 aliphatic heterocycles. The molecule has 1 aromatic rings. The number of allylic oxidation sites excluding steroid dienone is 1. The van der Waals surface area contributed by atoms with E-state index in [-0.39, 0.29) is 10.2 Å². The van der Waals surface area contributed by atoms with Crippen LogP contribution >= 0.6 is 24.0 Å². The zero-order chi connectivity index (χ0) is 16.6. The molecule has 1 aromatic carbocycles. The minimum atomic E-state index is -1.08. The van der Waals surface area contributed by atoms with Crippen molar-refractivity contribution in [2.75, 3.05) is 18.0 Å². The lowest BCUT2D eigenvalue weighted by atomic mass is 10.1. The molecule has 3 rings (SSSR count). The van der Waals surface area contributed by atoms with Crippen molar-refractivity contribution >= 4 is 51.9 Å². The summed E-state index contributed by atoms with van der Waals surface area (Å²) in [4.78, 5) is 27.1. The van der Waals surface area contributed by atoms with E-state index < -0.39 is 12.5 Å². The number of likely N-dealkylation sites (N-methyl/N-ethyl adjacent to an activating group) is 1. The first-order valence-electron chi connectivity index (χ1n) is 7.07. The monoisotopic (exact) mass is 346 g/mol. The molecular weight excluding hydrogens is 332 g/mol. The minimum Gasteiger partial charge on any atom is -0.480 e. The van der Waals surface area contributed by atoms with Crippen molar-refractivity contribution in [2.45, 2.75) is 6.92 Å². The highest BCUT2D eigenvalue weighted by atomic mass is 32.2. The molecule has 7 heteroatoms. The van der Waals surface area contributed by atoms with Crippen molar-refractivity contribution in [3.8, 4) is 0 Å². The van der Waals surface area contributed by atoms with Crippen molar-refractivity contribution in [3.05, 3.63) is 46.5 Å². The second kappa shape index (κ2) is 6.17. The van der Waals surface area contributed by atoms with Crippen LogP contribution in [0.3, 0.4) is 0 Å². The van der Waals surface area contributed by atoms with E-state index in [0.29, 0.717) is 11.4 Å².